The Morgan fingerprint density at radius 3 is 2.50 bits per heavy atom. The number of nitrogens with zero attached hydrogens (tertiary/aromatic N) is 4. The van der Waals surface area contributed by atoms with Crippen LogP contribution >= 0.6 is 0 Å². The van der Waals surface area contributed by atoms with Gasteiger partial charge in [-0.25, -0.2) is 4.68 Å². The van der Waals surface area contributed by atoms with Gasteiger partial charge in [0.2, 0.25) is 5.91 Å². The quantitative estimate of drug-likeness (QED) is 0.483. The van der Waals surface area contributed by atoms with Crippen molar-refractivity contribution in [2.24, 2.45) is 0 Å². The van der Waals surface area contributed by atoms with Gasteiger partial charge in [-0.2, -0.15) is 5.26 Å². The van der Waals surface area contributed by atoms with Gasteiger partial charge in [0, 0.05) is 26.3 Å². The molecule has 2 rings (SSSR count). The summed E-state index contributed by atoms with van der Waals surface area (Å²) in [6.07, 6.45) is -0.211. The topological polar surface area (TPSA) is 145 Å². The fraction of sp³-hybridized carbons (Fsp3) is 0.478. The molecule has 34 heavy (non-hydrogen) atoms. The molecule has 0 bridgehead atoms. The van der Waals surface area contributed by atoms with Gasteiger partial charge in [0.05, 0.1) is 36.5 Å². The molecule has 0 aliphatic rings. The van der Waals surface area contributed by atoms with Crippen molar-refractivity contribution < 1.29 is 28.6 Å². The lowest BCUT2D eigenvalue weighted by Crippen LogP contribution is -2.49. The number of aromatic nitrogens is 3. The highest BCUT2D eigenvalue weighted by Crippen LogP contribution is 2.19. The Kier molecular flexibility index (Phi) is 9.70. The number of ether oxygens (including phenoxy) is 3. The molecule has 0 fully saturated rings. The zero-order chi connectivity index (χ0) is 25.3. The van der Waals surface area contributed by atoms with E-state index in [1.807, 2.05) is 6.07 Å². The van der Waals surface area contributed by atoms with E-state index in [2.05, 4.69) is 21.7 Å². The maximum atomic E-state index is 11.6. The third-order valence-corrected chi connectivity index (χ3v) is 4.88. The second-order valence-electron chi connectivity index (χ2n) is 7.82. The molecule has 2 unspecified atom stereocenters. The van der Waals surface area contributed by atoms with Crippen LogP contribution in [-0.4, -0.2) is 63.8 Å². The van der Waals surface area contributed by atoms with Crippen molar-refractivity contribution in [2.45, 2.75) is 65.5 Å². The summed E-state index contributed by atoms with van der Waals surface area (Å²) < 4.78 is 18.1. The Balaban J connectivity index is 2.21. The predicted octanol–water partition coefficient (Wildman–Crippen LogP) is 1.61. The molecule has 0 saturated heterocycles. The number of rotatable bonds is 11. The van der Waals surface area contributed by atoms with E-state index in [0.717, 1.165) is 5.56 Å². The standard InChI is InChI=1S/C23H29N5O6/c1-14(22(25-16(3)29)13-32-17(4)30)34-23(15(2)33-18(5)31)12-28-11-21(26-27-28)20-8-6-7-19(9-20)10-24/h6-9,11,14-15,22-23H,12-13H2,1-5H3,(H,25,29)/t14?,15-,22+,23?/m1/s1. The molecule has 1 aromatic heterocycles. The average molecular weight is 472 g/mol. The van der Waals surface area contributed by atoms with Gasteiger partial charge in [-0.3, -0.25) is 14.4 Å². The van der Waals surface area contributed by atoms with E-state index >= 15 is 0 Å². The smallest absolute Gasteiger partial charge is 0.302 e. The number of nitriles is 1. The highest BCUT2D eigenvalue weighted by atomic mass is 16.6. The van der Waals surface area contributed by atoms with Crippen LogP contribution < -0.4 is 5.32 Å². The second kappa shape index (κ2) is 12.5. The third kappa shape index (κ3) is 8.29. The Morgan fingerprint density at radius 1 is 1.15 bits per heavy atom. The first-order chi connectivity index (χ1) is 16.1. The Morgan fingerprint density at radius 2 is 1.88 bits per heavy atom. The van der Waals surface area contributed by atoms with Crippen molar-refractivity contribution in [1.29, 1.82) is 5.26 Å². The van der Waals surface area contributed by atoms with Crippen LogP contribution in [0.2, 0.25) is 0 Å². The van der Waals surface area contributed by atoms with Gasteiger partial charge >= 0.3 is 11.9 Å². The molecule has 11 nitrogen and oxygen atoms in total. The van der Waals surface area contributed by atoms with Gasteiger partial charge in [0.25, 0.3) is 0 Å². The van der Waals surface area contributed by atoms with Gasteiger partial charge in [-0.15, -0.1) is 5.10 Å². The number of nitrogens with one attached hydrogen (secondary N) is 1. The first-order valence-electron chi connectivity index (χ1n) is 10.7. The molecule has 1 heterocycles. The van der Waals surface area contributed by atoms with E-state index in [0.29, 0.717) is 11.3 Å². The summed E-state index contributed by atoms with van der Waals surface area (Å²) in [5.74, 6) is -1.26. The summed E-state index contributed by atoms with van der Waals surface area (Å²) in [5, 5.41) is 20.1. The molecule has 11 heteroatoms. The summed E-state index contributed by atoms with van der Waals surface area (Å²) in [6, 6.07) is 8.45. The fourth-order valence-corrected chi connectivity index (χ4v) is 3.23. The van der Waals surface area contributed by atoms with E-state index in [-0.39, 0.29) is 19.1 Å². The number of esters is 2. The van der Waals surface area contributed by atoms with Crippen molar-refractivity contribution in [2.75, 3.05) is 6.61 Å². The number of benzene rings is 1. The summed E-state index contributed by atoms with van der Waals surface area (Å²) in [4.78, 5) is 34.4. The second-order valence-corrected chi connectivity index (χ2v) is 7.82. The molecule has 2 aromatic rings. The van der Waals surface area contributed by atoms with E-state index in [4.69, 9.17) is 19.5 Å². The number of carbonyl (C=O) groups is 3. The van der Waals surface area contributed by atoms with Crippen LogP contribution in [0.1, 0.15) is 40.2 Å². The molecule has 0 aliphatic heterocycles. The fourth-order valence-electron chi connectivity index (χ4n) is 3.23. The molecule has 0 saturated carbocycles. The maximum Gasteiger partial charge on any atom is 0.302 e. The molecular weight excluding hydrogens is 442 g/mol. The predicted molar refractivity (Wildman–Crippen MR) is 120 cm³/mol. The van der Waals surface area contributed by atoms with Crippen molar-refractivity contribution in [3.63, 3.8) is 0 Å². The lowest BCUT2D eigenvalue weighted by atomic mass is 10.1. The van der Waals surface area contributed by atoms with Crippen LogP contribution in [0, 0.1) is 11.3 Å². The third-order valence-electron chi connectivity index (χ3n) is 4.88. The summed E-state index contributed by atoms with van der Waals surface area (Å²) in [7, 11) is 0. The van der Waals surface area contributed by atoms with Crippen molar-refractivity contribution in [1.82, 2.24) is 20.3 Å². The van der Waals surface area contributed by atoms with Gasteiger partial charge in [0.1, 0.15) is 24.5 Å². The highest BCUT2D eigenvalue weighted by Gasteiger charge is 2.29. The average Bonchev–Trinajstić information content (AvgIpc) is 3.24. The molecule has 1 amide bonds. The van der Waals surface area contributed by atoms with Crippen molar-refractivity contribution in [3.05, 3.63) is 36.0 Å². The Labute approximate surface area is 198 Å². The Bertz CT molecular complexity index is 1050. The van der Waals surface area contributed by atoms with Crippen molar-refractivity contribution >= 4 is 17.8 Å². The molecule has 1 aromatic carbocycles. The highest BCUT2D eigenvalue weighted by molar-refractivity contribution is 5.73. The van der Waals surface area contributed by atoms with E-state index in [9.17, 15) is 14.4 Å². The lowest BCUT2D eigenvalue weighted by Gasteiger charge is -2.31. The first kappa shape index (κ1) is 26.5. The number of hydrogen-bond donors (Lipinski definition) is 1. The summed E-state index contributed by atoms with van der Waals surface area (Å²) >= 11 is 0. The van der Waals surface area contributed by atoms with Gasteiger partial charge < -0.3 is 19.5 Å². The molecule has 182 valence electrons. The van der Waals surface area contributed by atoms with Crippen LogP contribution in [0.5, 0.6) is 0 Å². The van der Waals surface area contributed by atoms with Crippen molar-refractivity contribution in [3.8, 4) is 17.3 Å². The van der Waals surface area contributed by atoms with Crippen LogP contribution in [-0.2, 0) is 35.1 Å². The lowest BCUT2D eigenvalue weighted by molar-refractivity contribution is -0.160. The normalized spacial score (nSPS) is 14.2. The van der Waals surface area contributed by atoms with E-state index in [1.165, 1.54) is 20.8 Å². The zero-order valence-corrected chi connectivity index (χ0v) is 19.8. The molecule has 0 spiro atoms. The maximum absolute atomic E-state index is 11.6. The van der Waals surface area contributed by atoms with Crippen LogP contribution in [0.3, 0.4) is 0 Å². The van der Waals surface area contributed by atoms with Gasteiger partial charge in [0.15, 0.2) is 0 Å². The van der Waals surface area contributed by atoms with E-state index < -0.39 is 36.3 Å². The zero-order valence-electron chi connectivity index (χ0n) is 19.8. The molecule has 0 radical (unpaired) electrons. The number of carbonyl (C=O) groups excluding carboxylic acids is 3. The molecule has 1 N–H and O–H groups in total. The van der Waals surface area contributed by atoms with Crippen LogP contribution in [0.25, 0.3) is 11.3 Å². The number of amides is 1. The molecule has 0 aliphatic carbocycles. The van der Waals surface area contributed by atoms with Gasteiger partial charge in [-0.05, 0) is 26.0 Å². The Hall–Kier alpha value is -3.78. The van der Waals surface area contributed by atoms with Crippen LogP contribution in [0.4, 0.5) is 0 Å². The first-order valence-corrected chi connectivity index (χ1v) is 10.7. The van der Waals surface area contributed by atoms with Crippen LogP contribution in [0.15, 0.2) is 30.5 Å². The minimum atomic E-state index is -0.660. The summed E-state index contributed by atoms with van der Waals surface area (Å²) in [6.45, 7) is 7.44. The molecule has 4 atom stereocenters. The monoisotopic (exact) mass is 471 g/mol. The number of hydrogen-bond acceptors (Lipinski definition) is 9. The van der Waals surface area contributed by atoms with Gasteiger partial charge in [-0.1, -0.05) is 17.3 Å². The summed E-state index contributed by atoms with van der Waals surface area (Å²) in [5.41, 5.74) is 1.80. The largest absolute Gasteiger partial charge is 0.464 e. The van der Waals surface area contributed by atoms with E-state index in [1.54, 1.807) is 42.9 Å². The SMILES string of the molecule is CC(=O)N[C@@H](COC(C)=O)C(C)OC(Cn1cc(-c2cccc(C#N)c2)nn1)[C@@H](C)OC(C)=O. The molecular formula is C23H29N5O6. The minimum absolute atomic E-state index is 0.0759. The minimum Gasteiger partial charge on any atom is -0.464 e.